The normalized spacial score (nSPS) is 10.7. The van der Waals surface area contributed by atoms with Gasteiger partial charge in [0, 0.05) is 6.07 Å². The number of benzene rings is 1. The number of aryl methyl sites for hydroxylation is 1. The van der Waals surface area contributed by atoms with E-state index in [-0.39, 0.29) is 5.56 Å². The fourth-order valence-electron chi connectivity index (χ4n) is 2.07. The molecule has 0 aliphatic carbocycles. The zero-order valence-corrected chi connectivity index (χ0v) is 11.1. The van der Waals surface area contributed by atoms with Crippen LogP contribution in [0.1, 0.15) is 11.1 Å². The van der Waals surface area contributed by atoms with Crippen LogP contribution in [0.2, 0.25) is 0 Å². The maximum atomic E-state index is 11.9. The Bertz CT molecular complexity index is 773. The minimum atomic E-state index is -0.122. The molecule has 3 aromatic rings. The summed E-state index contributed by atoms with van der Waals surface area (Å²) < 4.78 is 6.77. The Kier molecular flexibility index (Phi) is 3.21. The van der Waals surface area contributed by atoms with Crippen molar-refractivity contribution < 1.29 is 4.42 Å². The Balaban J connectivity index is 2.00. The summed E-state index contributed by atoms with van der Waals surface area (Å²) in [5, 5.41) is 4.36. The molecule has 0 bridgehead atoms. The lowest BCUT2D eigenvalue weighted by Gasteiger charge is -2.08. The Morgan fingerprint density at radius 1 is 1.10 bits per heavy atom. The quantitative estimate of drug-likeness (QED) is 0.732. The van der Waals surface area contributed by atoms with E-state index in [0.29, 0.717) is 18.0 Å². The molecule has 2 aromatic heterocycles. The van der Waals surface area contributed by atoms with Gasteiger partial charge in [0.25, 0.3) is 5.56 Å². The van der Waals surface area contributed by atoms with Gasteiger partial charge in [-0.15, -0.1) is 0 Å². The van der Waals surface area contributed by atoms with Crippen molar-refractivity contribution in [2.75, 3.05) is 0 Å². The van der Waals surface area contributed by atoms with Crippen LogP contribution < -0.4 is 5.56 Å². The Morgan fingerprint density at radius 2 is 1.95 bits per heavy atom. The highest BCUT2D eigenvalue weighted by Gasteiger charge is 2.07. The predicted octanol–water partition coefficient (Wildman–Crippen LogP) is 2.86. The number of nitrogens with zero attached hydrogens (tertiary/aromatic N) is 2. The third-order valence-electron chi connectivity index (χ3n) is 3.22. The molecule has 20 heavy (non-hydrogen) atoms. The van der Waals surface area contributed by atoms with Gasteiger partial charge in [-0.05, 0) is 36.2 Å². The topological polar surface area (TPSA) is 48.0 Å². The molecular weight excluding hydrogens is 252 g/mol. The van der Waals surface area contributed by atoms with Crippen molar-refractivity contribution in [3.63, 3.8) is 0 Å². The molecule has 4 heteroatoms. The molecule has 3 rings (SSSR count). The van der Waals surface area contributed by atoms with Crippen molar-refractivity contribution in [2.45, 2.75) is 13.5 Å². The molecule has 0 saturated heterocycles. The zero-order valence-electron chi connectivity index (χ0n) is 11.1. The third-order valence-corrected chi connectivity index (χ3v) is 3.22. The molecule has 2 heterocycles. The molecule has 4 nitrogen and oxygen atoms in total. The first-order chi connectivity index (χ1) is 9.74. The average molecular weight is 266 g/mol. The van der Waals surface area contributed by atoms with Gasteiger partial charge in [-0.25, -0.2) is 4.68 Å². The summed E-state index contributed by atoms with van der Waals surface area (Å²) in [6, 6.07) is 14.8. The van der Waals surface area contributed by atoms with E-state index in [2.05, 4.69) is 5.10 Å². The number of rotatable bonds is 3. The summed E-state index contributed by atoms with van der Waals surface area (Å²) in [5.41, 5.74) is 2.76. The molecule has 0 amide bonds. The SMILES string of the molecule is Cc1ccccc1Cn1nc(-c2ccco2)ccc1=O. The molecule has 0 spiro atoms. The highest BCUT2D eigenvalue weighted by atomic mass is 16.3. The summed E-state index contributed by atoms with van der Waals surface area (Å²) in [6.45, 7) is 2.48. The molecule has 1 aromatic carbocycles. The highest BCUT2D eigenvalue weighted by Crippen LogP contribution is 2.15. The maximum Gasteiger partial charge on any atom is 0.267 e. The van der Waals surface area contributed by atoms with Crippen LogP contribution >= 0.6 is 0 Å². The van der Waals surface area contributed by atoms with Gasteiger partial charge in [-0.2, -0.15) is 5.10 Å². The van der Waals surface area contributed by atoms with E-state index in [0.717, 1.165) is 11.1 Å². The summed E-state index contributed by atoms with van der Waals surface area (Å²) in [4.78, 5) is 11.9. The van der Waals surface area contributed by atoms with Gasteiger partial charge in [0.15, 0.2) is 5.76 Å². The second-order valence-corrected chi connectivity index (χ2v) is 4.62. The Labute approximate surface area is 116 Å². The highest BCUT2D eigenvalue weighted by molar-refractivity contribution is 5.50. The van der Waals surface area contributed by atoms with Crippen LogP contribution in [0.25, 0.3) is 11.5 Å². The molecule has 0 aliphatic heterocycles. The summed E-state index contributed by atoms with van der Waals surface area (Å²) >= 11 is 0. The second-order valence-electron chi connectivity index (χ2n) is 4.62. The molecule has 0 fully saturated rings. The van der Waals surface area contributed by atoms with Crippen LogP contribution in [0.3, 0.4) is 0 Å². The van der Waals surface area contributed by atoms with Crippen molar-refractivity contribution in [2.24, 2.45) is 0 Å². The Hall–Kier alpha value is -2.62. The van der Waals surface area contributed by atoms with Gasteiger partial charge in [0.1, 0.15) is 5.69 Å². The monoisotopic (exact) mass is 266 g/mol. The van der Waals surface area contributed by atoms with Crippen LogP contribution in [-0.2, 0) is 6.54 Å². The van der Waals surface area contributed by atoms with Crippen molar-refractivity contribution in [1.29, 1.82) is 0 Å². The van der Waals surface area contributed by atoms with E-state index in [9.17, 15) is 4.79 Å². The second kappa shape index (κ2) is 5.17. The van der Waals surface area contributed by atoms with E-state index >= 15 is 0 Å². The van der Waals surface area contributed by atoms with Gasteiger partial charge < -0.3 is 4.42 Å². The lowest BCUT2D eigenvalue weighted by Crippen LogP contribution is -2.23. The van der Waals surface area contributed by atoms with Crippen molar-refractivity contribution in [3.8, 4) is 11.5 Å². The minimum Gasteiger partial charge on any atom is -0.463 e. The minimum absolute atomic E-state index is 0.122. The van der Waals surface area contributed by atoms with Crippen LogP contribution in [0.5, 0.6) is 0 Å². The fraction of sp³-hybridized carbons (Fsp3) is 0.125. The standard InChI is InChI=1S/C16H14N2O2/c1-12-5-2-3-6-13(12)11-18-16(19)9-8-14(17-18)15-7-4-10-20-15/h2-10H,11H2,1H3. The molecule has 0 aliphatic rings. The molecule has 0 radical (unpaired) electrons. The van der Waals surface area contributed by atoms with Crippen LogP contribution in [0, 0.1) is 6.92 Å². The van der Waals surface area contributed by atoms with Crippen molar-refractivity contribution >= 4 is 0 Å². The number of hydrogen-bond acceptors (Lipinski definition) is 3. The van der Waals surface area contributed by atoms with E-state index < -0.39 is 0 Å². The molecule has 0 atom stereocenters. The van der Waals surface area contributed by atoms with Gasteiger partial charge in [0.2, 0.25) is 0 Å². The number of aromatic nitrogens is 2. The largest absolute Gasteiger partial charge is 0.463 e. The van der Waals surface area contributed by atoms with Gasteiger partial charge in [-0.3, -0.25) is 4.79 Å². The zero-order chi connectivity index (χ0) is 13.9. The molecular formula is C16H14N2O2. The van der Waals surface area contributed by atoms with Crippen molar-refractivity contribution in [3.05, 3.63) is 76.3 Å². The molecule has 0 N–H and O–H groups in total. The first-order valence-electron chi connectivity index (χ1n) is 6.40. The summed E-state index contributed by atoms with van der Waals surface area (Å²) in [6.07, 6.45) is 1.59. The van der Waals surface area contributed by atoms with Crippen molar-refractivity contribution in [1.82, 2.24) is 9.78 Å². The maximum absolute atomic E-state index is 11.9. The van der Waals surface area contributed by atoms with E-state index in [1.165, 1.54) is 10.7 Å². The van der Waals surface area contributed by atoms with Crippen LogP contribution in [-0.4, -0.2) is 9.78 Å². The predicted molar refractivity (Wildman–Crippen MR) is 76.5 cm³/mol. The lowest BCUT2D eigenvalue weighted by atomic mass is 10.1. The van der Waals surface area contributed by atoms with Gasteiger partial charge in [0.05, 0.1) is 12.8 Å². The average Bonchev–Trinajstić information content (AvgIpc) is 2.98. The lowest BCUT2D eigenvalue weighted by molar-refractivity contribution is 0.569. The van der Waals surface area contributed by atoms with Crippen LogP contribution in [0.4, 0.5) is 0 Å². The third kappa shape index (κ3) is 2.40. The van der Waals surface area contributed by atoms with Crippen LogP contribution in [0.15, 0.2) is 64.0 Å². The Morgan fingerprint density at radius 3 is 2.70 bits per heavy atom. The first kappa shape index (κ1) is 12.4. The fourth-order valence-corrected chi connectivity index (χ4v) is 2.07. The first-order valence-corrected chi connectivity index (χ1v) is 6.40. The van der Waals surface area contributed by atoms with Gasteiger partial charge >= 0.3 is 0 Å². The number of hydrogen-bond donors (Lipinski definition) is 0. The molecule has 0 unspecified atom stereocenters. The van der Waals surface area contributed by atoms with E-state index in [1.54, 1.807) is 18.4 Å². The van der Waals surface area contributed by atoms with E-state index in [1.807, 2.05) is 37.3 Å². The van der Waals surface area contributed by atoms with Gasteiger partial charge in [-0.1, -0.05) is 24.3 Å². The molecule has 0 saturated carbocycles. The summed E-state index contributed by atoms with van der Waals surface area (Å²) in [5.74, 6) is 0.656. The van der Waals surface area contributed by atoms with E-state index in [4.69, 9.17) is 4.42 Å². The number of furan rings is 1. The molecule has 100 valence electrons. The smallest absolute Gasteiger partial charge is 0.267 e. The summed E-state index contributed by atoms with van der Waals surface area (Å²) in [7, 11) is 0.